The van der Waals surface area contributed by atoms with Gasteiger partial charge in [-0.1, -0.05) is 30.3 Å². The van der Waals surface area contributed by atoms with Crippen LogP contribution in [0.2, 0.25) is 0 Å². The highest BCUT2D eigenvalue weighted by Gasteiger charge is 2.12. The molecule has 0 atom stereocenters. The van der Waals surface area contributed by atoms with Crippen molar-refractivity contribution in [1.29, 1.82) is 0 Å². The van der Waals surface area contributed by atoms with Gasteiger partial charge in [0, 0.05) is 11.3 Å². The van der Waals surface area contributed by atoms with Gasteiger partial charge in [0.1, 0.15) is 5.69 Å². The van der Waals surface area contributed by atoms with Crippen LogP contribution in [0.25, 0.3) is 11.3 Å². The number of nitrogens with zero attached hydrogens (tertiary/aromatic N) is 2. The second-order valence-electron chi connectivity index (χ2n) is 5.47. The maximum atomic E-state index is 11.5. The number of carbonyl (C=O) groups excluding carboxylic acids is 1. The minimum absolute atomic E-state index is 0.767. The standard InChI is InChI=1S/C18H17BrN4O/c1-12-6-3-4-9-16(12)23(11-24)22-15-8-5-7-14(10-15)18-17(19)13(2)20-21-18/h3-11,22H,1-2H3,(H,20,21). The van der Waals surface area contributed by atoms with E-state index in [-0.39, 0.29) is 0 Å². The zero-order chi connectivity index (χ0) is 17.1. The Balaban J connectivity index is 1.90. The van der Waals surface area contributed by atoms with Crippen LogP contribution in [0.15, 0.2) is 53.0 Å². The summed E-state index contributed by atoms with van der Waals surface area (Å²) < 4.78 is 0.936. The van der Waals surface area contributed by atoms with Crippen molar-refractivity contribution in [2.75, 3.05) is 10.4 Å². The van der Waals surface area contributed by atoms with Crippen molar-refractivity contribution < 1.29 is 4.79 Å². The summed E-state index contributed by atoms with van der Waals surface area (Å²) in [7, 11) is 0. The molecule has 3 aromatic rings. The number of aromatic nitrogens is 2. The molecule has 0 spiro atoms. The van der Waals surface area contributed by atoms with Crippen LogP contribution in [-0.2, 0) is 4.79 Å². The first-order chi connectivity index (χ1) is 11.6. The molecule has 1 aromatic heterocycles. The monoisotopic (exact) mass is 384 g/mol. The highest BCUT2D eigenvalue weighted by atomic mass is 79.9. The lowest BCUT2D eigenvalue weighted by molar-refractivity contribution is -0.107. The molecule has 0 aliphatic carbocycles. The Labute approximate surface area is 148 Å². The van der Waals surface area contributed by atoms with Crippen molar-refractivity contribution in [3.05, 3.63) is 64.3 Å². The van der Waals surface area contributed by atoms with E-state index in [0.717, 1.165) is 44.8 Å². The van der Waals surface area contributed by atoms with Crippen molar-refractivity contribution in [3.8, 4) is 11.3 Å². The van der Waals surface area contributed by atoms with Gasteiger partial charge in [0.15, 0.2) is 0 Å². The quantitative estimate of drug-likeness (QED) is 0.504. The molecular weight excluding hydrogens is 368 g/mol. The van der Waals surface area contributed by atoms with Crippen LogP contribution in [0.5, 0.6) is 0 Å². The number of rotatable bonds is 5. The van der Waals surface area contributed by atoms with Gasteiger partial charge in [0.25, 0.3) is 0 Å². The predicted octanol–water partition coefficient (Wildman–Crippen LogP) is 4.45. The molecule has 0 fully saturated rings. The van der Waals surface area contributed by atoms with Gasteiger partial charge in [-0.15, -0.1) is 0 Å². The fourth-order valence-electron chi connectivity index (χ4n) is 2.46. The van der Waals surface area contributed by atoms with E-state index in [1.165, 1.54) is 5.01 Å². The molecule has 6 heteroatoms. The van der Waals surface area contributed by atoms with E-state index in [1.54, 1.807) is 0 Å². The average Bonchev–Trinajstić information content (AvgIpc) is 2.93. The third-order valence-electron chi connectivity index (χ3n) is 3.74. The van der Waals surface area contributed by atoms with Crippen molar-refractivity contribution in [2.45, 2.75) is 13.8 Å². The van der Waals surface area contributed by atoms with Crippen LogP contribution in [0.4, 0.5) is 11.4 Å². The van der Waals surface area contributed by atoms with E-state index in [4.69, 9.17) is 0 Å². The van der Waals surface area contributed by atoms with Crippen LogP contribution >= 0.6 is 15.9 Å². The number of hydrazine groups is 1. The number of para-hydroxylation sites is 1. The number of H-pyrrole nitrogens is 1. The first-order valence-corrected chi connectivity index (χ1v) is 8.27. The fourth-order valence-corrected chi connectivity index (χ4v) is 2.87. The van der Waals surface area contributed by atoms with Crippen molar-refractivity contribution >= 4 is 33.7 Å². The lowest BCUT2D eigenvalue weighted by Gasteiger charge is -2.21. The second kappa shape index (κ2) is 6.88. The molecule has 0 aliphatic rings. The topological polar surface area (TPSA) is 61.0 Å². The predicted molar refractivity (Wildman–Crippen MR) is 99.8 cm³/mol. The van der Waals surface area contributed by atoms with E-state index in [9.17, 15) is 4.79 Å². The number of aryl methyl sites for hydroxylation is 2. The Hall–Kier alpha value is -2.60. The maximum Gasteiger partial charge on any atom is 0.232 e. The normalized spacial score (nSPS) is 10.5. The summed E-state index contributed by atoms with van der Waals surface area (Å²) in [6.07, 6.45) is 0.767. The fraction of sp³-hybridized carbons (Fsp3) is 0.111. The number of hydrogen-bond donors (Lipinski definition) is 2. The number of hydrogen-bond acceptors (Lipinski definition) is 3. The van der Waals surface area contributed by atoms with Crippen molar-refractivity contribution in [1.82, 2.24) is 10.2 Å². The van der Waals surface area contributed by atoms with E-state index in [0.29, 0.717) is 0 Å². The minimum atomic E-state index is 0.767. The lowest BCUT2D eigenvalue weighted by Crippen LogP contribution is -2.28. The number of aromatic amines is 1. The molecule has 24 heavy (non-hydrogen) atoms. The molecular formula is C18H17BrN4O. The molecule has 1 heterocycles. The highest BCUT2D eigenvalue weighted by molar-refractivity contribution is 9.10. The Kier molecular flexibility index (Phi) is 4.66. The van der Waals surface area contributed by atoms with Crippen LogP contribution in [-0.4, -0.2) is 16.6 Å². The Morgan fingerprint density at radius 2 is 1.96 bits per heavy atom. The van der Waals surface area contributed by atoms with Crippen molar-refractivity contribution in [2.24, 2.45) is 0 Å². The number of carbonyl (C=O) groups is 1. The van der Waals surface area contributed by atoms with Gasteiger partial charge in [-0.3, -0.25) is 15.3 Å². The lowest BCUT2D eigenvalue weighted by atomic mass is 10.1. The van der Waals surface area contributed by atoms with Gasteiger partial charge in [0.05, 0.1) is 15.8 Å². The number of benzene rings is 2. The van der Waals surface area contributed by atoms with E-state index < -0.39 is 0 Å². The molecule has 1 amide bonds. The third kappa shape index (κ3) is 3.19. The molecule has 2 aromatic carbocycles. The van der Waals surface area contributed by atoms with Crippen LogP contribution in [0, 0.1) is 13.8 Å². The average molecular weight is 385 g/mol. The summed E-state index contributed by atoms with van der Waals surface area (Å²) in [5.41, 5.74) is 8.52. The summed E-state index contributed by atoms with van der Waals surface area (Å²) in [5.74, 6) is 0. The first-order valence-electron chi connectivity index (χ1n) is 7.48. The molecule has 0 bridgehead atoms. The van der Waals surface area contributed by atoms with E-state index in [1.807, 2.05) is 62.4 Å². The number of nitrogens with one attached hydrogen (secondary N) is 2. The van der Waals surface area contributed by atoms with Crippen LogP contribution in [0.3, 0.4) is 0 Å². The van der Waals surface area contributed by atoms with Gasteiger partial charge in [-0.05, 0) is 53.5 Å². The Bertz CT molecular complexity index is 875. The molecule has 0 saturated carbocycles. The Morgan fingerprint density at radius 3 is 2.62 bits per heavy atom. The molecule has 2 N–H and O–H groups in total. The first kappa shape index (κ1) is 16.3. The summed E-state index contributed by atoms with van der Waals surface area (Å²) >= 11 is 3.54. The summed E-state index contributed by atoms with van der Waals surface area (Å²) in [4.78, 5) is 11.5. The highest BCUT2D eigenvalue weighted by Crippen LogP contribution is 2.30. The molecule has 0 unspecified atom stereocenters. The molecule has 0 aliphatic heterocycles. The van der Waals surface area contributed by atoms with Gasteiger partial charge in [-0.25, -0.2) is 5.01 Å². The Morgan fingerprint density at radius 1 is 1.17 bits per heavy atom. The summed E-state index contributed by atoms with van der Waals surface area (Å²) in [6, 6.07) is 15.5. The number of amides is 1. The van der Waals surface area contributed by atoms with Gasteiger partial charge >= 0.3 is 0 Å². The van der Waals surface area contributed by atoms with Crippen LogP contribution < -0.4 is 10.4 Å². The van der Waals surface area contributed by atoms with Crippen molar-refractivity contribution in [3.63, 3.8) is 0 Å². The van der Waals surface area contributed by atoms with Crippen LogP contribution in [0.1, 0.15) is 11.3 Å². The second-order valence-corrected chi connectivity index (χ2v) is 6.26. The number of anilines is 2. The smallest absolute Gasteiger partial charge is 0.232 e. The molecule has 122 valence electrons. The number of halogens is 1. The molecule has 0 saturated heterocycles. The van der Waals surface area contributed by atoms with E-state index in [2.05, 4.69) is 31.6 Å². The minimum Gasteiger partial charge on any atom is -0.292 e. The molecule has 3 rings (SSSR count). The van der Waals surface area contributed by atoms with E-state index >= 15 is 0 Å². The summed E-state index contributed by atoms with van der Waals surface area (Å²) in [6.45, 7) is 3.92. The third-order valence-corrected chi connectivity index (χ3v) is 4.71. The maximum absolute atomic E-state index is 11.5. The van der Waals surface area contributed by atoms with Gasteiger partial charge in [0.2, 0.25) is 6.41 Å². The largest absolute Gasteiger partial charge is 0.292 e. The van der Waals surface area contributed by atoms with Gasteiger partial charge in [-0.2, -0.15) is 5.10 Å². The zero-order valence-corrected chi connectivity index (χ0v) is 15.0. The van der Waals surface area contributed by atoms with Gasteiger partial charge < -0.3 is 0 Å². The molecule has 5 nitrogen and oxygen atoms in total. The summed E-state index contributed by atoms with van der Waals surface area (Å²) in [5, 5.41) is 8.74. The SMILES string of the molecule is Cc1ccccc1N(C=O)Nc1cccc(-c2n[nH]c(C)c2Br)c1. The zero-order valence-electron chi connectivity index (χ0n) is 13.4. The molecule has 0 radical (unpaired) electrons.